The zero-order valence-electron chi connectivity index (χ0n) is 28.5. The number of likely N-dealkylation sites (tertiary alicyclic amines) is 1. The van der Waals surface area contributed by atoms with E-state index in [4.69, 9.17) is 9.47 Å². The first kappa shape index (κ1) is 37.8. The van der Waals surface area contributed by atoms with E-state index < -0.39 is 53.5 Å². The number of halogens is 1. The molecule has 2 bridgehead atoms. The van der Waals surface area contributed by atoms with Gasteiger partial charge in [0.05, 0.1) is 36.6 Å². The van der Waals surface area contributed by atoms with Crippen LogP contribution in [-0.2, 0) is 28.7 Å². The fraction of sp³-hybridized carbons (Fsp3) is 0.622. The second-order valence-electron chi connectivity index (χ2n) is 13.3. The van der Waals surface area contributed by atoms with E-state index in [9.17, 15) is 24.3 Å². The number of hydrogen-bond donors (Lipinski definition) is 2. The van der Waals surface area contributed by atoms with Crippen LogP contribution in [0.5, 0.6) is 0 Å². The normalized spacial score (nSPS) is 27.6. The Bertz CT molecular complexity index is 1310. The minimum absolute atomic E-state index is 0.0897. The summed E-state index contributed by atoms with van der Waals surface area (Å²) in [5, 5.41) is 13.7. The van der Waals surface area contributed by atoms with Crippen LogP contribution in [0.4, 0.5) is 0 Å². The third kappa shape index (κ3) is 7.58. The predicted octanol–water partition coefficient (Wildman–Crippen LogP) is 4.71. The predicted molar refractivity (Wildman–Crippen MR) is 187 cm³/mol. The van der Waals surface area contributed by atoms with Crippen LogP contribution in [0.1, 0.15) is 77.3 Å². The fourth-order valence-electron chi connectivity index (χ4n) is 7.63. The van der Waals surface area contributed by atoms with E-state index in [0.29, 0.717) is 32.4 Å². The lowest BCUT2D eigenvalue weighted by Crippen LogP contribution is -2.60. The monoisotopic (exact) mass is 729 g/mol. The number of fused-ring (bicyclic) bond motifs is 1. The van der Waals surface area contributed by atoms with Crippen molar-refractivity contribution < 1.29 is 33.8 Å². The molecule has 3 fully saturated rings. The number of benzene rings is 1. The number of allylic oxidation sites excluding steroid dienone is 1. The number of carbonyl (C=O) groups is 4. The molecule has 1 aromatic rings. The number of rotatable bonds is 19. The van der Waals surface area contributed by atoms with Crippen molar-refractivity contribution in [2.75, 3.05) is 26.3 Å². The Labute approximate surface area is 293 Å². The molecule has 11 heteroatoms. The lowest BCUT2D eigenvalue weighted by molar-refractivity contribution is -0.152. The molecule has 3 aliphatic heterocycles. The molecule has 1 aromatic carbocycles. The molecule has 0 radical (unpaired) electrons. The molecule has 3 saturated heterocycles. The zero-order chi connectivity index (χ0) is 35.0. The van der Waals surface area contributed by atoms with Gasteiger partial charge in [0.1, 0.15) is 18.2 Å². The van der Waals surface area contributed by atoms with E-state index in [-0.39, 0.29) is 42.2 Å². The molecule has 3 aliphatic rings. The maximum atomic E-state index is 14.7. The Kier molecular flexibility index (Phi) is 13.4. The number of alkyl halides is 1. The topological polar surface area (TPSA) is 125 Å². The van der Waals surface area contributed by atoms with Crippen LogP contribution in [0.2, 0.25) is 0 Å². The van der Waals surface area contributed by atoms with Crippen molar-refractivity contribution in [3.63, 3.8) is 0 Å². The first-order valence-corrected chi connectivity index (χ1v) is 18.3. The lowest BCUT2D eigenvalue weighted by Gasteiger charge is -2.41. The number of aliphatic hydroxyl groups is 1. The largest absolute Gasteiger partial charge is 0.463 e. The minimum Gasteiger partial charge on any atom is -0.463 e. The number of hydrogen-bond acceptors (Lipinski definition) is 7. The number of unbranched alkanes of at least 4 members (excludes halogenated alkanes) is 2. The smallest absolute Gasteiger partial charge is 0.306 e. The van der Waals surface area contributed by atoms with Gasteiger partial charge in [-0.25, -0.2) is 0 Å². The van der Waals surface area contributed by atoms with Gasteiger partial charge >= 0.3 is 5.97 Å². The average molecular weight is 731 g/mol. The molecule has 264 valence electrons. The first-order valence-electron chi connectivity index (χ1n) is 17.4. The Morgan fingerprint density at radius 3 is 2.56 bits per heavy atom. The second kappa shape index (κ2) is 17.1. The molecule has 4 rings (SSSR count). The van der Waals surface area contributed by atoms with Gasteiger partial charge < -0.3 is 29.7 Å². The molecule has 1 spiro atoms. The molecular formula is C37H52BrN3O7. The van der Waals surface area contributed by atoms with Gasteiger partial charge in [0, 0.05) is 24.3 Å². The number of nitrogens with one attached hydrogen (secondary N) is 1. The molecule has 48 heavy (non-hydrogen) atoms. The summed E-state index contributed by atoms with van der Waals surface area (Å²) >= 11 is 3.75. The minimum atomic E-state index is -1.26. The van der Waals surface area contributed by atoms with Crippen LogP contribution in [-0.4, -0.2) is 93.5 Å². The van der Waals surface area contributed by atoms with Gasteiger partial charge in [-0.05, 0) is 30.7 Å². The number of amides is 3. The Hall–Kier alpha value is -3.02. The summed E-state index contributed by atoms with van der Waals surface area (Å²) in [5.41, 5.74) is -0.521. The summed E-state index contributed by atoms with van der Waals surface area (Å²) < 4.78 is 12.3. The van der Waals surface area contributed by atoms with Crippen LogP contribution in [0.15, 0.2) is 55.6 Å². The molecule has 9 atom stereocenters. The van der Waals surface area contributed by atoms with Gasteiger partial charge in [-0.15, -0.1) is 13.2 Å². The Morgan fingerprint density at radius 1 is 1.21 bits per heavy atom. The van der Waals surface area contributed by atoms with Crippen LogP contribution < -0.4 is 5.32 Å². The van der Waals surface area contributed by atoms with Gasteiger partial charge in [-0.2, -0.15) is 0 Å². The van der Waals surface area contributed by atoms with Crippen molar-refractivity contribution >= 4 is 39.6 Å². The summed E-state index contributed by atoms with van der Waals surface area (Å²) in [4.78, 5) is 59.2. The molecule has 3 amide bonds. The van der Waals surface area contributed by atoms with Gasteiger partial charge in [-0.1, -0.05) is 98.4 Å². The third-order valence-electron chi connectivity index (χ3n) is 10.3. The maximum Gasteiger partial charge on any atom is 0.306 e. The summed E-state index contributed by atoms with van der Waals surface area (Å²) in [6.07, 6.45) is 7.10. The molecule has 3 heterocycles. The summed E-state index contributed by atoms with van der Waals surface area (Å²) in [5.74, 6) is -3.38. The number of ether oxygens (including phenoxy) is 2. The Morgan fingerprint density at radius 2 is 1.94 bits per heavy atom. The van der Waals surface area contributed by atoms with Crippen LogP contribution in [0.25, 0.3) is 0 Å². The van der Waals surface area contributed by atoms with E-state index >= 15 is 0 Å². The molecular weight excluding hydrogens is 678 g/mol. The van der Waals surface area contributed by atoms with Crippen molar-refractivity contribution in [2.45, 2.75) is 100 Å². The number of nitrogens with zero attached hydrogens (tertiary/aromatic N) is 2. The van der Waals surface area contributed by atoms with Gasteiger partial charge in [0.2, 0.25) is 17.7 Å². The molecule has 10 nitrogen and oxygen atoms in total. The quantitative estimate of drug-likeness (QED) is 0.0915. The van der Waals surface area contributed by atoms with E-state index in [2.05, 4.69) is 41.3 Å². The van der Waals surface area contributed by atoms with Crippen LogP contribution in [0, 0.1) is 17.8 Å². The second-order valence-corrected chi connectivity index (χ2v) is 14.5. The molecule has 0 aliphatic carbocycles. The van der Waals surface area contributed by atoms with Crippen molar-refractivity contribution in [1.29, 1.82) is 0 Å². The van der Waals surface area contributed by atoms with Crippen LogP contribution in [0.3, 0.4) is 0 Å². The van der Waals surface area contributed by atoms with Gasteiger partial charge in [0.25, 0.3) is 0 Å². The standard InChI is InChI=1S/C37H52BrN3O7/c1-6-10-15-20-40(19-8-3)36(46)33-37-21-26(38)32(48-37)30(31(37)35(45)41(33)28(22-42)24(5)9-4)34(44)39-27(25-16-13-12-14-17-25)23-47-29(43)18-11-7-2/h7-8,12-14,16-17,24,26-28,30-33,42H,2-3,6,9-11,15,18-23H2,1,4-5H3,(H,39,44)/t24-,26?,27-,28-,30+,31-,32+,33+,37-/m0/s1. The highest BCUT2D eigenvalue weighted by atomic mass is 79.9. The lowest BCUT2D eigenvalue weighted by atomic mass is 9.70. The molecule has 1 unspecified atom stereocenters. The van der Waals surface area contributed by atoms with E-state index in [1.165, 1.54) is 0 Å². The Balaban J connectivity index is 1.71. The average Bonchev–Trinajstić information content (AvgIpc) is 3.68. The highest BCUT2D eigenvalue weighted by Crippen LogP contribution is 2.60. The third-order valence-corrected chi connectivity index (χ3v) is 11.1. The number of aliphatic hydroxyl groups excluding tert-OH is 1. The van der Waals surface area contributed by atoms with E-state index in [1.807, 2.05) is 44.2 Å². The molecule has 0 aromatic heterocycles. The number of esters is 1. The number of carbonyl (C=O) groups excluding carboxylic acids is 4. The SMILES string of the molecule is C=CCCC(=O)OC[C@H](NC(=O)[C@H]1[C@@H]2O[C@@]3(CC2Br)[C@@H]1C(=O)N([C@@H](CO)[C@@H](C)CC)[C@@H]3C(=O)N(CC=C)CCCCC)c1ccccc1. The summed E-state index contributed by atoms with van der Waals surface area (Å²) in [7, 11) is 0. The summed E-state index contributed by atoms with van der Waals surface area (Å²) in [6, 6.07) is 6.90. The highest BCUT2D eigenvalue weighted by Gasteiger charge is 2.77. The van der Waals surface area contributed by atoms with Crippen molar-refractivity contribution in [3.05, 3.63) is 61.2 Å². The maximum absolute atomic E-state index is 14.7. The van der Waals surface area contributed by atoms with Crippen molar-refractivity contribution in [2.24, 2.45) is 17.8 Å². The zero-order valence-corrected chi connectivity index (χ0v) is 30.1. The summed E-state index contributed by atoms with van der Waals surface area (Å²) in [6.45, 7) is 14.0. The van der Waals surface area contributed by atoms with E-state index in [0.717, 1.165) is 24.8 Å². The van der Waals surface area contributed by atoms with Crippen molar-refractivity contribution in [1.82, 2.24) is 15.1 Å². The molecule has 2 N–H and O–H groups in total. The fourth-order valence-corrected chi connectivity index (χ4v) is 8.58. The van der Waals surface area contributed by atoms with Crippen LogP contribution >= 0.6 is 15.9 Å². The molecule has 0 saturated carbocycles. The van der Waals surface area contributed by atoms with Gasteiger partial charge in [0.15, 0.2) is 0 Å². The van der Waals surface area contributed by atoms with Gasteiger partial charge in [-0.3, -0.25) is 19.2 Å². The first-order chi connectivity index (χ1) is 23.1. The van der Waals surface area contributed by atoms with Crippen molar-refractivity contribution in [3.8, 4) is 0 Å². The highest BCUT2D eigenvalue weighted by molar-refractivity contribution is 9.09. The van der Waals surface area contributed by atoms with E-state index in [1.54, 1.807) is 22.0 Å².